The molecule has 6 aromatic rings. The Hall–Kier alpha value is 3.63. The molecule has 6 aromatic heterocycles. The van der Waals surface area contributed by atoms with Gasteiger partial charge in [0, 0.05) is 92.8 Å². The van der Waals surface area contributed by atoms with Crippen LogP contribution in [0.3, 0.4) is 0 Å². The molecular formula is C18N18S18Zn9. The molecule has 0 fully saturated rings. The fourth-order valence-electron chi connectivity index (χ4n) is 1.92. The summed E-state index contributed by atoms with van der Waals surface area (Å²) in [7, 11) is 0. The van der Waals surface area contributed by atoms with E-state index >= 15 is 0 Å². The molecule has 0 saturated heterocycles. The van der Waals surface area contributed by atoms with Crippen molar-refractivity contribution in [3.8, 4) is 0 Å². The summed E-state index contributed by atoms with van der Waals surface area (Å²) < 4.78 is 0. The number of hydrogen-bond acceptors (Lipinski definition) is 36. The maximum Gasteiger partial charge on any atom is 2.00 e. The molecule has 0 aliphatic heterocycles. The van der Waals surface area contributed by atoms with Gasteiger partial charge in [-0.2, -0.15) is 0 Å². The Balaban J connectivity index is -0.0000000771. The third-order valence-corrected chi connectivity index (χ3v) is 6.73. The predicted molar refractivity (Wildman–Crippen MR) is 220 cm³/mol. The second-order valence-corrected chi connectivity index (χ2v) is 13.7. The van der Waals surface area contributed by atoms with Crippen LogP contribution in [0.4, 0.5) is 0 Å². The van der Waals surface area contributed by atoms with Crippen molar-refractivity contribution in [3.05, 3.63) is 0 Å². The van der Waals surface area contributed by atoms with Gasteiger partial charge in [-0.25, -0.2) is 0 Å². The molecule has 6 rings (SSSR count). The molecule has 63 heavy (non-hydrogen) atoms. The fraction of sp³-hybridized carbons (Fsp3) is 0. The molecule has 18 nitrogen and oxygen atoms in total. The Morgan fingerprint density at radius 2 is 0.143 bits per heavy atom. The first-order valence-corrected chi connectivity index (χ1v) is 19.1. The Bertz CT molecular complexity index is 1470. The summed E-state index contributed by atoms with van der Waals surface area (Å²) in [6, 6.07) is 0. The minimum atomic E-state index is 0. The summed E-state index contributed by atoms with van der Waals surface area (Å²) in [4.78, 5) is 64.4. The van der Waals surface area contributed by atoms with Crippen LogP contribution in [-0.2, 0) is 403 Å². The molecule has 0 bridgehead atoms. The van der Waals surface area contributed by atoms with Gasteiger partial charge in [-0.3, -0.25) is 89.7 Å². The van der Waals surface area contributed by atoms with Crippen LogP contribution in [0.25, 0.3) is 0 Å². The molecule has 0 atom stereocenters. The van der Waals surface area contributed by atoms with Gasteiger partial charge in [0.25, 0.3) is 0 Å². The van der Waals surface area contributed by atoms with Gasteiger partial charge in [0.2, 0.25) is 0 Å². The van der Waals surface area contributed by atoms with E-state index in [1.54, 1.807) is 0 Å². The van der Waals surface area contributed by atoms with Crippen LogP contribution < -0.4 is 0 Å². The van der Waals surface area contributed by atoms with Crippen molar-refractivity contribution < 1.29 is 175 Å². The topological polar surface area (TPSA) is 232 Å². The van der Waals surface area contributed by atoms with Gasteiger partial charge in [-0.05, 0) is 0 Å². The van der Waals surface area contributed by atoms with Crippen LogP contribution >= 0.6 is 0 Å². The van der Waals surface area contributed by atoms with Crippen molar-refractivity contribution in [2.24, 2.45) is 0 Å². The van der Waals surface area contributed by atoms with Crippen molar-refractivity contribution in [2.75, 3.05) is 0 Å². The van der Waals surface area contributed by atoms with Crippen LogP contribution in [0.2, 0.25) is 0 Å². The van der Waals surface area contributed by atoms with Gasteiger partial charge in [-0.1, -0.05) is 0 Å². The smallest absolute Gasteiger partial charge is 0.740 e. The zero-order valence-electron chi connectivity index (χ0n) is 30.8. The van der Waals surface area contributed by atoms with Crippen LogP contribution in [0.5, 0.6) is 0 Å². The molecule has 0 saturated carbocycles. The molecule has 0 spiro atoms. The van der Waals surface area contributed by atoms with Crippen molar-refractivity contribution >= 4 is 227 Å². The van der Waals surface area contributed by atoms with E-state index in [9.17, 15) is 0 Å². The van der Waals surface area contributed by atoms with E-state index in [0.29, 0.717) is 0 Å². The third kappa shape index (κ3) is 46.5. The van der Waals surface area contributed by atoms with E-state index in [1.807, 2.05) is 0 Å². The Morgan fingerprint density at radius 3 is 0.175 bits per heavy atom. The summed E-state index contributed by atoms with van der Waals surface area (Å²) >= 11 is 82.6. The van der Waals surface area contributed by atoms with Crippen molar-refractivity contribution in [2.45, 2.75) is 92.8 Å². The summed E-state index contributed by atoms with van der Waals surface area (Å²) in [5.41, 5.74) is 0. The van der Waals surface area contributed by atoms with Gasteiger partial charge in [0.05, 0.1) is 0 Å². The zero-order valence-corrected chi connectivity index (χ0v) is 72.2. The summed E-state index contributed by atoms with van der Waals surface area (Å²) in [6.07, 6.45) is 0. The molecular weight excluding hydrogens is 1630 g/mol. The molecule has 0 unspecified atom stereocenters. The molecule has 0 N–H and O–H groups in total. The molecule has 288 valence electrons. The maximum absolute atomic E-state index is 4.59. The fourth-order valence-corrected chi connectivity index (χ4v) is 6.08. The van der Waals surface area contributed by atoms with Gasteiger partial charge >= 0.3 is 175 Å². The predicted octanol–water partition coefficient (Wildman–Crippen LogP) is -2.49. The monoisotopic (exact) mass is 1620 g/mol. The van der Waals surface area contributed by atoms with Crippen molar-refractivity contribution in [1.29, 1.82) is 0 Å². The van der Waals surface area contributed by atoms with Gasteiger partial charge < -0.3 is 227 Å². The maximum atomic E-state index is 4.59. The average Bonchev–Trinajstić information content (AvgIpc) is 2.94. The minimum Gasteiger partial charge on any atom is -0.740 e. The molecule has 0 amide bonds. The van der Waals surface area contributed by atoms with E-state index in [-0.39, 0.29) is 268 Å². The second kappa shape index (κ2) is 47.9. The molecule has 0 aliphatic carbocycles. The number of rotatable bonds is 0. The summed E-state index contributed by atoms with van der Waals surface area (Å²) in [5, 5.41) is 3.00. The Morgan fingerprint density at radius 1 is 0.111 bits per heavy atom. The van der Waals surface area contributed by atoms with E-state index in [1.165, 1.54) is 0 Å². The van der Waals surface area contributed by atoms with Gasteiger partial charge in [0.1, 0.15) is 0 Å². The Kier molecular flexibility index (Phi) is 65.7. The molecule has 0 aromatic carbocycles. The Labute approximate surface area is 574 Å². The SMILES string of the molecule is [S-]c1nc([S-])nc([S-])n1.[S-]c1nc([S-])nc([S-])n1.[S-]c1nc([S-])nc([S-])n1.[S-]c1nc([S-])nc([S-])n1.[S-]c1nc([S-])nc([S-])n1.[S-]c1nc([S-])nc([S-])n1.[Zn+2].[Zn+2].[Zn+2].[Zn+2].[Zn+2].[Zn+2].[Zn+2].[Zn+2].[Zn+2]. The summed E-state index contributed by atoms with van der Waals surface area (Å²) in [6.45, 7) is 0. The largest absolute Gasteiger partial charge is 2.00 e. The first kappa shape index (κ1) is 86.4. The first-order chi connectivity index (χ1) is 25.1. The van der Waals surface area contributed by atoms with E-state index in [0.717, 1.165) is 0 Å². The minimum absolute atomic E-state index is 0. The van der Waals surface area contributed by atoms with E-state index < -0.39 is 0 Å². The average molecular weight is 1630 g/mol. The molecule has 0 radical (unpaired) electrons. The first-order valence-electron chi connectivity index (χ1n) is 11.7. The van der Waals surface area contributed by atoms with Crippen molar-refractivity contribution in [3.63, 3.8) is 0 Å². The third-order valence-electron chi connectivity index (χ3n) is 3.44. The van der Waals surface area contributed by atoms with Gasteiger partial charge in [-0.15, -0.1) is 0 Å². The van der Waals surface area contributed by atoms with Gasteiger partial charge in [0.15, 0.2) is 0 Å². The van der Waals surface area contributed by atoms with E-state index in [2.05, 4.69) is 317 Å². The number of hydrogen-bond donors (Lipinski definition) is 0. The van der Waals surface area contributed by atoms with Crippen LogP contribution in [0.1, 0.15) is 0 Å². The molecule has 0 aliphatic rings. The molecule has 45 heteroatoms. The van der Waals surface area contributed by atoms with E-state index in [4.69, 9.17) is 0 Å². The van der Waals surface area contributed by atoms with Crippen LogP contribution in [0.15, 0.2) is 92.8 Å². The number of aromatic nitrogens is 18. The zero-order chi connectivity index (χ0) is 41.1. The summed E-state index contributed by atoms with van der Waals surface area (Å²) in [5.74, 6) is 0. The number of nitrogens with zero attached hydrogens (tertiary/aromatic N) is 18. The molecule has 6 heterocycles. The van der Waals surface area contributed by atoms with Crippen LogP contribution in [0, 0.1) is 0 Å². The second-order valence-electron chi connectivity index (χ2n) is 7.10. The standard InChI is InChI=1S/6C3H3N3S3.9Zn/c6*7-1-4-2(8)6-3(9)5-1;;;;;;;;;/h6*(H3,4,5,6,7,8,9);;;;;;;;;/q;;;;;;9*+2/p-18. The normalized spacial score (nSPS) is 8.00. The quantitative estimate of drug-likeness (QED) is 0.113. The van der Waals surface area contributed by atoms with Crippen LogP contribution in [-0.4, -0.2) is 89.7 Å². The van der Waals surface area contributed by atoms with Crippen molar-refractivity contribution in [1.82, 2.24) is 89.7 Å².